The van der Waals surface area contributed by atoms with Crippen molar-refractivity contribution in [2.45, 2.75) is 19.3 Å². The second-order valence-corrected chi connectivity index (χ2v) is 6.16. The van der Waals surface area contributed by atoms with Crippen molar-refractivity contribution in [3.05, 3.63) is 77.2 Å². The van der Waals surface area contributed by atoms with E-state index >= 15 is 0 Å². The summed E-state index contributed by atoms with van der Waals surface area (Å²) in [5.41, 5.74) is 0.951. The normalized spacial score (nSPS) is 16.7. The van der Waals surface area contributed by atoms with Crippen LogP contribution in [-0.2, 0) is 14.3 Å². The van der Waals surface area contributed by atoms with Crippen molar-refractivity contribution < 1.29 is 23.5 Å². The average Bonchev–Trinajstić information content (AvgIpc) is 2.65. The van der Waals surface area contributed by atoms with E-state index in [0.29, 0.717) is 17.0 Å². The van der Waals surface area contributed by atoms with Gasteiger partial charge in [-0.05, 0) is 30.7 Å². The highest BCUT2D eigenvalue weighted by atomic mass is 19.1. The Morgan fingerprint density at radius 2 is 1.81 bits per heavy atom. The highest BCUT2D eigenvalue weighted by molar-refractivity contribution is 5.95. The summed E-state index contributed by atoms with van der Waals surface area (Å²) in [7, 11) is 0. The number of halogens is 1. The number of nitrogens with one attached hydrogen (secondary N) is 1. The summed E-state index contributed by atoms with van der Waals surface area (Å²) in [4.78, 5) is 24.5. The molecule has 0 aromatic heterocycles. The van der Waals surface area contributed by atoms with Crippen molar-refractivity contribution in [3.8, 4) is 5.75 Å². The Morgan fingerprint density at radius 1 is 1.11 bits per heavy atom. The van der Waals surface area contributed by atoms with Crippen molar-refractivity contribution in [2.24, 2.45) is 0 Å². The van der Waals surface area contributed by atoms with Crippen molar-refractivity contribution in [3.63, 3.8) is 0 Å². The zero-order valence-corrected chi connectivity index (χ0v) is 14.9. The van der Waals surface area contributed by atoms with Gasteiger partial charge in [-0.15, -0.1) is 0 Å². The first-order chi connectivity index (χ1) is 13.1. The molecule has 3 rings (SSSR count). The first-order valence-electron chi connectivity index (χ1n) is 8.66. The number of carbonyl (C=O) groups is 2. The second kappa shape index (κ2) is 8.49. The Bertz CT molecular complexity index is 863. The van der Waals surface area contributed by atoms with E-state index in [9.17, 15) is 14.0 Å². The van der Waals surface area contributed by atoms with Gasteiger partial charge >= 0.3 is 5.97 Å². The second-order valence-electron chi connectivity index (χ2n) is 6.16. The number of amides is 1. The minimum absolute atomic E-state index is 0.0107. The Balaban J connectivity index is 1.69. The quantitative estimate of drug-likeness (QED) is 0.627. The van der Waals surface area contributed by atoms with E-state index in [0.717, 1.165) is 0 Å². The molecule has 0 saturated heterocycles. The van der Waals surface area contributed by atoms with Crippen molar-refractivity contribution >= 4 is 11.9 Å². The predicted molar refractivity (Wildman–Crippen MR) is 97.5 cm³/mol. The van der Waals surface area contributed by atoms with E-state index < -0.39 is 17.7 Å². The molecule has 2 aromatic carbocycles. The monoisotopic (exact) mass is 369 g/mol. The van der Waals surface area contributed by atoms with Gasteiger partial charge in [-0.1, -0.05) is 36.4 Å². The molecule has 6 heteroatoms. The van der Waals surface area contributed by atoms with Gasteiger partial charge in [0.15, 0.2) is 0 Å². The zero-order valence-electron chi connectivity index (χ0n) is 14.9. The Kier molecular flexibility index (Phi) is 5.86. The van der Waals surface area contributed by atoms with Gasteiger partial charge in [0.1, 0.15) is 24.8 Å². The van der Waals surface area contributed by atoms with E-state index in [-0.39, 0.29) is 31.1 Å². The first-order valence-corrected chi connectivity index (χ1v) is 8.66. The topological polar surface area (TPSA) is 64.6 Å². The van der Waals surface area contributed by atoms with Crippen LogP contribution in [0.25, 0.3) is 0 Å². The molecule has 2 aromatic rings. The van der Waals surface area contributed by atoms with Crippen LogP contribution in [0.2, 0.25) is 0 Å². The predicted octanol–water partition coefficient (Wildman–Crippen LogP) is 3.33. The molecule has 140 valence electrons. The molecule has 0 fully saturated rings. The Hall–Kier alpha value is -3.15. The lowest BCUT2D eigenvalue weighted by Gasteiger charge is -2.26. The number of hydrogen-bond acceptors (Lipinski definition) is 4. The molecule has 0 aliphatic carbocycles. The van der Waals surface area contributed by atoms with Crippen LogP contribution in [0, 0.1) is 5.82 Å². The van der Waals surface area contributed by atoms with E-state index in [4.69, 9.17) is 9.47 Å². The SMILES string of the molecule is CC1=C(C(=O)OCCOc2ccccc2)C(c2ccccc2F)CC(=O)N1. The minimum atomic E-state index is -0.678. The van der Waals surface area contributed by atoms with Crippen LogP contribution in [0.15, 0.2) is 65.9 Å². The zero-order chi connectivity index (χ0) is 19.2. The molecule has 1 aliphatic rings. The van der Waals surface area contributed by atoms with E-state index in [1.165, 1.54) is 6.07 Å². The number of allylic oxidation sites excluding steroid dienone is 1. The summed E-state index contributed by atoms with van der Waals surface area (Å²) < 4.78 is 25.0. The van der Waals surface area contributed by atoms with Gasteiger partial charge in [-0.25, -0.2) is 9.18 Å². The molecule has 0 radical (unpaired) electrons. The fraction of sp³-hybridized carbons (Fsp3) is 0.238. The number of esters is 1. The maximum absolute atomic E-state index is 14.2. The molecule has 0 spiro atoms. The lowest BCUT2D eigenvalue weighted by atomic mass is 9.84. The van der Waals surface area contributed by atoms with Crippen LogP contribution >= 0.6 is 0 Å². The number of rotatable bonds is 6. The van der Waals surface area contributed by atoms with E-state index in [1.54, 1.807) is 37.3 Å². The highest BCUT2D eigenvalue weighted by Gasteiger charge is 2.34. The number of benzene rings is 2. The van der Waals surface area contributed by atoms with Gasteiger partial charge in [-0.3, -0.25) is 4.79 Å². The fourth-order valence-corrected chi connectivity index (χ4v) is 3.08. The molecule has 0 saturated carbocycles. The molecule has 1 amide bonds. The van der Waals surface area contributed by atoms with Crippen molar-refractivity contribution in [1.29, 1.82) is 0 Å². The molecule has 1 unspecified atom stereocenters. The number of hydrogen-bond donors (Lipinski definition) is 1. The number of carbonyl (C=O) groups excluding carboxylic acids is 2. The number of ether oxygens (including phenoxy) is 2. The maximum atomic E-state index is 14.2. The summed E-state index contributed by atoms with van der Waals surface area (Å²) in [5.74, 6) is -1.30. The lowest BCUT2D eigenvalue weighted by Crippen LogP contribution is -2.34. The minimum Gasteiger partial charge on any atom is -0.490 e. The van der Waals surface area contributed by atoms with Crippen LogP contribution in [0.4, 0.5) is 4.39 Å². The van der Waals surface area contributed by atoms with Gasteiger partial charge < -0.3 is 14.8 Å². The van der Waals surface area contributed by atoms with Crippen molar-refractivity contribution in [1.82, 2.24) is 5.32 Å². The maximum Gasteiger partial charge on any atom is 0.336 e. The molecule has 1 N–H and O–H groups in total. The van der Waals surface area contributed by atoms with E-state index in [1.807, 2.05) is 18.2 Å². The van der Waals surface area contributed by atoms with Gasteiger partial charge in [0.25, 0.3) is 0 Å². The standard InChI is InChI=1S/C21H20FNO4/c1-14-20(21(25)27-12-11-26-15-7-3-2-4-8-15)17(13-19(24)23-14)16-9-5-6-10-18(16)22/h2-10,17H,11-13H2,1H3,(H,23,24). The third-order valence-electron chi connectivity index (χ3n) is 4.30. The van der Waals surface area contributed by atoms with E-state index in [2.05, 4.69) is 5.32 Å². The summed E-state index contributed by atoms with van der Waals surface area (Å²) in [5, 5.41) is 2.63. The molecule has 27 heavy (non-hydrogen) atoms. The fourth-order valence-electron chi connectivity index (χ4n) is 3.08. The molecule has 1 aliphatic heterocycles. The summed E-state index contributed by atoms with van der Waals surface area (Å²) in [6.45, 7) is 1.85. The molecule has 0 bridgehead atoms. The highest BCUT2D eigenvalue weighted by Crippen LogP contribution is 2.34. The van der Waals surface area contributed by atoms with Gasteiger partial charge in [0.05, 0.1) is 5.57 Å². The van der Waals surface area contributed by atoms with Crippen LogP contribution < -0.4 is 10.1 Å². The van der Waals surface area contributed by atoms with Gasteiger partial charge in [0, 0.05) is 18.0 Å². The average molecular weight is 369 g/mol. The van der Waals surface area contributed by atoms with Crippen molar-refractivity contribution in [2.75, 3.05) is 13.2 Å². The molecule has 1 atom stereocenters. The molecular weight excluding hydrogens is 349 g/mol. The Labute approximate surface area is 156 Å². The molecule has 5 nitrogen and oxygen atoms in total. The lowest BCUT2D eigenvalue weighted by molar-refractivity contribution is -0.140. The summed E-state index contributed by atoms with van der Waals surface area (Å²) in [6.07, 6.45) is -0.0107. The van der Waals surface area contributed by atoms with Gasteiger partial charge in [-0.2, -0.15) is 0 Å². The van der Waals surface area contributed by atoms with Crippen LogP contribution in [0.3, 0.4) is 0 Å². The number of para-hydroxylation sites is 1. The Morgan fingerprint density at radius 3 is 2.56 bits per heavy atom. The van der Waals surface area contributed by atoms with Crippen LogP contribution in [-0.4, -0.2) is 25.1 Å². The third-order valence-corrected chi connectivity index (χ3v) is 4.30. The van der Waals surface area contributed by atoms with Crippen LogP contribution in [0.5, 0.6) is 5.75 Å². The molecular formula is C21H20FNO4. The largest absolute Gasteiger partial charge is 0.490 e. The van der Waals surface area contributed by atoms with Crippen LogP contribution in [0.1, 0.15) is 24.8 Å². The molecule has 1 heterocycles. The smallest absolute Gasteiger partial charge is 0.336 e. The first kappa shape index (κ1) is 18.6. The third kappa shape index (κ3) is 4.53. The summed E-state index contributed by atoms with van der Waals surface area (Å²) >= 11 is 0. The summed E-state index contributed by atoms with van der Waals surface area (Å²) in [6, 6.07) is 15.3. The van der Waals surface area contributed by atoms with Gasteiger partial charge in [0.2, 0.25) is 5.91 Å².